The van der Waals surface area contributed by atoms with E-state index in [-0.39, 0.29) is 5.91 Å². The number of carbonyl (C=O) groups excluding carboxylic acids is 2. The minimum absolute atomic E-state index is 0.250. The normalized spacial score (nSPS) is 10.2. The molecule has 2 aromatic carbocycles. The van der Waals surface area contributed by atoms with Crippen molar-refractivity contribution in [3.8, 4) is 0 Å². The first-order valence-corrected chi connectivity index (χ1v) is 8.64. The van der Waals surface area contributed by atoms with Crippen LogP contribution in [0, 0.1) is 13.8 Å². The summed E-state index contributed by atoms with van der Waals surface area (Å²) < 4.78 is 4.65. The average molecular weight is 376 g/mol. The lowest BCUT2D eigenvalue weighted by atomic mass is 10.1. The van der Waals surface area contributed by atoms with Gasteiger partial charge < -0.3 is 15.4 Å². The molecule has 0 atom stereocenters. The first-order valence-electron chi connectivity index (χ1n) is 8.64. The molecular formula is C21H20N4O3. The van der Waals surface area contributed by atoms with Gasteiger partial charge in [0.1, 0.15) is 0 Å². The zero-order chi connectivity index (χ0) is 20.1. The van der Waals surface area contributed by atoms with Gasteiger partial charge in [-0.3, -0.25) is 4.79 Å². The molecule has 0 radical (unpaired) electrons. The predicted octanol–water partition coefficient (Wildman–Crippen LogP) is 3.88. The molecule has 3 aromatic rings. The fourth-order valence-corrected chi connectivity index (χ4v) is 2.63. The van der Waals surface area contributed by atoms with E-state index in [0.29, 0.717) is 22.8 Å². The molecule has 0 aliphatic heterocycles. The highest BCUT2D eigenvalue weighted by Gasteiger charge is 2.09. The van der Waals surface area contributed by atoms with E-state index in [1.807, 2.05) is 19.9 Å². The van der Waals surface area contributed by atoms with Gasteiger partial charge >= 0.3 is 5.97 Å². The standard InChI is InChI=1S/C21H20N4O3/c1-13-12-14(2)23-21(22-13)25-18-8-4-15(5-9-18)19(26)24-17-10-6-16(7-11-17)20(27)28-3/h4-12H,1-3H3,(H,24,26)(H,22,23,25). The molecule has 0 saturated carbocycles. The minimum atomic E-state index is -0.422. The third-order valence-corrected chi connectivity index (χ3v) is 3.95. The van der Waals surface area contributed by atoms with Gasteiger partial charge in [-0.25, -0.2) is 14.8 Å². The van der Waals surface area contributed by atoms with Crippen LogP contribution in [0.4, 0.5) is 17.3 Å². The van der Waals surface area contributed by atoms with Crippen molar-refractivity contribution < 1.29 is 14.3 Å². The molecule has 28 heavy (non-hydrogen) atoms. The van der Waals surface area contributed by atoms with Crippen LogP contribution in [0.5, 0.6) is 0 Å². The summed E-state index contributed by atoms with van der Waals surface area (Å²) in [7, 11) is 1.32. The van der Waals surface area contributed by atoms with Gasteiger partial charge in [0.15, 0.2) is 0 Å². The molecule has 7 nitrogen and oxygen atoms in total. The lowest BCUT2D eigenvalue weighted by Gasteiger charge is -2.09. The van der Waals surface area contributed by atoms with Gasteiger partial charge in [0.2, 0.25) is 5.95 Å². The number of hydrogen-bond donors (Lipinski definition) is 2. The summed E-state index contributed by atoms with van der Waals surface area (Å²) in [4.78, 5) is 32.5. The molecule has 0 spiro atoms. The number of esters is 1. The lowest BCUT2D eigenvalue weighted by molar-refractivity contribution is 0.0600. The second-order valence-corrected chi connectivity index (χ2v) is 6.20. The van der Waals surface area contributed by atoms with E-state index in [4.69, 9.17) is 0 Å². The number of methoxy groups -OCH3 is 1. The molecule has 1 heterocycles. The Balaban J connectivity index is 1.65. The molecule has 1 amide bonds. The average Bonchev–Trinajstić information content (AvgIpc) is 2.67. The van der Waals surface area contributed by atoms with E-state index in [9.17, 15) is 9.59 Å². The van der Waals surface area contributed by atoms with Gasteiger partial charge in [-0.05, 0) is 68.4 Å². The van der Waals surface area contributed by atoms with Crippen molar-refractivity contribution >= 4 is 29.2 Å². The number of anilines is 3. The maximum Gasteiger partial charge on any atom is 0.337 e. The largest absolute Gasteiger partial charge is 0.465 e. The SMILES string of the molecule is COC(=O)c1ccc(NC(=O)c2ccc(Nc3nc(C)cc(C)n3)cc2)cc1. The summed E-state index contributed by atoms with van der Waals surface area (Å²) >= 11 is 0. The summed E-state index contributed by atoms with van der Waals surface area (Å²) in [6.07, 6.45) is 0. The second-order valence-electron chi connectivity index (χ2n) is 6.20. The Labute approximate surface area is 162 Å². The molecule has 0 saturated heterocycles. The Morgan fingerprint density at radius 3 is 1.93 bits per heavy atom. The molecule has 7 heteroatoms. The van der Waals surface area contributed by atoms with Gasteiger partial charge in [-0.1, -0.05) is 0 Å². The van der Waals surface area contributed by atoms with E-state index >= 15 is 0 Å². The molecule has 0 bridgehead atoms. The second kappa shape index (κ2) is 8.30. The van der Waals surface area contributed by atoms with Crippen molar-refractivity contribution in [1.82, 2.24) is 9.97 Å². The lowest BCUT2D eigenvalue weighted by Crippen LogP contribution is -2.12. The van der Waals surface area contributed by atoms with Crippen molar-refractivity contribution in [1.29, 1.82) is 0 Å². The number of benzene rings is 2. The van der Waals surface area contributed by atoms with Crippen molar-refractivity contribution in [2.24, 2.45) is 0 Å². The maximum absolute atomic E-state index is 12.4. The van der Waals surface area contributed by atoms with Crippen molar-refractivity contribution in [2.75, 3.05) is 17.7 Å². The molecule has 0 unspecified atom stereocenters. The monoisotopic (exact) mass is 376 g/mol. The van der Waals surface area contributed by atoms with E-state index in [2.05, 4.69) is 25.3 Å². The van der Waals surface area contributed by atoms with E-state index in [0.717, 1.165) is 17.1 Å². The fourth-order valence-electron chi connectivity index (χ4n) is 2.63. The number of amides is 1. The predicted molar refractivity (Wildman–Crippen MR) is 107 cm³/mol. The molecule has 3 rings (SSSR count). The Bertz CT molecular complexity index is 979. The van der Waals surface area contributed by atoms with Crippen molar-refractivity contribution in [3.05, 3.63) is 77.1 Å². The zero-order valence-corrected chi connectivity index (χ0v) is 15.8. The molecule has 0 fully saturated rings. The first kappa shape index (κ1) is 19.0. The van der Waals surface area contributed by atoms with Gasteiger partial charge in [0, 0.05) is 28.3 Å². The smallest absolute Gasteiger partial charge is 0.337 e. The topological polar surface area (TPSA) is 93.2 Å². The maximum atomic E-state index is 12.4. The Morgan fingerprint density at radius 2 is 1.36 bits per heavy atom. The molecule has 0 aliphatic carbocycles. The molecule has 0 aliphatic rings. The summed E-state index contributed by atoms with van der Waals surface area (Å²) in [5, 5.41) is 5.92. The highest BCUT2D eigenvalue weighted by atomic mass is 16.5. The first-order chi connectivity index (χ1) is 13.4. The van der Waals surface area contributed by atoms with Crippen LogP contribution < -0.4 is 10.6 Å². The number of nitrogens with zero attached hydrogens (tertiary/aromatic N) is 2. The van der Waals surface area contributed by atoms with Crippen LogP contribution in [0.3, 0.4) is 0 Å². The summed E-state index contributed by atoms with van der Waals surface area (Å²) in [5.41, 5.74) is 4.05. The Hall–Kier alpha value is -3.74. The molecule has 2 N–H and O–H groups in total. The fraction of sp³-hybridized carbons (Fsp3) is 0.143. The third-order valence-electron chi connectivity index (χ3n) is 3.95. The summed E-state index contributed by atoms with van der Waals surface area (Å²) in [6.45, 7) is 3.82. The van der Waals surface area contributed by atoms with E-state index < -0.39 is 5.97 Å². The van der Waals surface area contributed by atoms with Crippen LogP contribution in [0.15, 0.2) is 54.6 Å². The summed E-state index contributed by atoms with van der Waals surface area (Å²) in [5.74, 6) is -0.158. The minimum Gasteiger partial charge on any atom is -0.465 e. The van der Waals surface area contributed by atoms with Crippen LogP contribution in [0.1, 0.15) is 32.1 Å². The Morgan fingerprint density at radius 1 is 0.821 bits per heavy atom. The van der Waals surface area contributed by atoms with Gasteiger partial charge in [0.25, 0.3) is 5.91 Å². The molecule has 142 valence electrons. The number of ether oxygens (including phenoxy) is 1. The summed E-state index contributed by atoms with van der Waals surface area (Å²) in [6, 6.07) is 15.4. The van der Waals surface area contributed by atoms with Crippen LogP contribution in [0.2, 0.25) is 0 Å². The van der Waals surface area contributed by atoms with E-state index in [1.54, 1.807) is 48.5 Å². The van der Waals surface area contributed by atoms with E-state index in [1.165, 1.54) is 7.11 Å². The highest BCUT2D eigenvalue weighted by molar-refractivity contribution is 6.04. The number of nitrogens with one attached hydrogen (secondary N) is 2. The number of aromatic nitrogens is 2. The third kappa shape index (κ3) is 4.70. The molecule has 1 aromatic heterocycles. The van der Waals surface area contributed by atoms with Crippen LogP contribution >= 0.6 is 0 Å². The highest BCUT2D eigenvalue weighted by Crippen LogP contribution is 2.17. The van der Waals surface area contributed by atoms with Gasteiger partial charge in [0.05, 0.1) is 12.7 Å². The van der Waals surface area contributed by atoms with Crippen molar-refractivity contribution in [3.63, 3.8) is 0 Å². The van der Waals surface area contributed by atoms with Crippen molar-refractivity contribution in [2.45, 2.75) is 13.8 Å². The van der Waals surface area contributed by atoms with Crippen LogP contribution in [-0.2, 0) is 4.74 Å². The van der Waals surface area contributed by atoms with Gasteiger partial charge in [-0.2, -0.15) is 0 Å². The van der Waals surface area contributed by atoms with Crippen LogP contribution in [-0.4, -0.2) is 29.0 Å². The molecular weight excluding hydrogens is 356 g/mol. The Kier molecular flexibility index (Phi) is 5.64. The quantitative estimate of drug-likeness (QED) is 0.657. The number of aryl methyl sites for hydroxylation is 2. The van der Waals surface area contributed by atoms with Gasteiger partial charge in [-0.15, -0.1) is 0 Å². The number of carbonyl (C=O) groups is 2. The van der Waals surface area contributed by atoms with Crippen LogP contribution in [0.25, 0.3) is 0 Å². The zero-order valence-electron chi connectivity index (χ0n) is 15.8. The number of rotatable bonds is 5. The number of hydrogen-bond acceptors (Lipinski definition) is 6.